The highest BCUT2D eigenvalue weighted by atomic mass is 35.5. The minimum Gasteiger partial charge on any atom is -0.304 e. The molecule has 0 amide bonds. The lowest BCUT2D eigenvalue weighted by molar-refractivity contribution is 0.102. The van der Waals surface area contributed by atoms with Crippen molar-refractivity contribution in [3.63, 3.8) is 0 Å². The van der Waals surface area contributed by atoms with Crippen molar-refractivity contribution in [2.45, 2.75) is 11.4 Å². The number of nitrogens with one attached hydrogen (secondary N) is 1. The molecule has 1 aliphatic rings. The van der Waals surface area contributed by atoms with Crippen LogP contribution in [0.4, 0.5) is 0 Å². The molecule has 0 unspecified atom stereocenters. The van der Waals surface area contributed by atoms with E-state index in [1.807, 2.05) is 0 Å². The molecule has 0 aromatic heterocycles. The van der Waals surface area contributed by atoms with Crippen LogP contribution >= 0.6 is 11.6 Å². The third-order valence-electron chi connectivity index (χ3n) is 3.46. The SMILES string of the molecule is CN1CCN(NCc2c(Cl)cccc2S(C)(=O)=O)CC1. The highest BCUT2D eigenvalue weighted by Gasteiger charge is 2.18. The van der Waals surface area contributed by atoms with Gasteiger partial charge < -0.3 is 4.90 Å². The molecule has 1 saturated heterocycles. The maximum absolute atomic E-state index is 11.8. The fourth-order valence-corrected chi connectivity index (χ4v) is 3.47. The zero-order chi connectivity index (χ0) is 14.8. The van der Waals surface area contributed by atoms with Gasteiger partial charge in [-0.15, -0.1) is 0 Å². The van der Waals surface area contributed by atoms with Crippen molar-refractivity contribution in [3.8, 4) is 0 Å². The van der Waals surface area contributed by atoms with Gasteiger partial charge in [-0.3, -0.25) is 5.43 Å². The van der Waals surface area contributed by atoms with Crippen LogP contribution in [0.15, 0.2) is 23.1 Å². The molecule has 2 rings (SSSR count). The van der Waals surface area contributed by atoms with Gasteiger partial charge in [0.05, 0.1) is 4.90 Å². The molecule has 7 heteroatoms. The topological polar surface area (TPSA) is 52.6 Å². The molecule has 1 heterocycles. The fraction of sp³-hybridized carbons (Fsp3) is 0.538. The van der Waals surface area contributed by atoms with Crippen LogP contribution in [0.5, 0.6) is 0 Å². The number of hydrogen-bond acceptors (Lipinski definition) is 5. The van der Waals surface area contributed by atoms with Crippen molar-refractivity contribution in [2.75, 3.05) is 39.5 Å². The Morgan fingerprint density at radius 3 is 2.50 bits per heavy atom. The molecule has 0 saturated carbocycles. The van der Waals surface area contributed by atoms with Crippen LogP contribution in [0, 0.1) is 0 Å². The predicted octanol–water partition coefficient (Wildman–Crippen LogP) is 0.996. The average Bonchev–Trinajstić information content (AvgIpc) is 2.38. The summed E-state index contributed by atoms with van der Waals surface area (Å²) in [6, 6.07) is 4.98. The van der Waals surface area contributed by atoms with Crippen molar-refractivity contribution in [3.05, 3.63) is 28.8 Å². The largest absolute Gasteiger partial charge is 0.304 e. The van der Waals surface area contributed by atoms with E-state index in [4.69, 9.17) is 11.6 Å². The van der Waals surface area contributed by atoms with E-state index >= 15 is 0 Å². The molecule has 1 aromatic carbocycles. The number of rotatable bonds is 4. The third kappa shape index (κ3) is 3.93. The normalized spacial score (nSPS) is 18.4. The van der Waals surface area contributed by atoms with Gasteiger partial charge in [0, 0.05) is 49.6 Å². The van der Waals surface area contributed by atoms with E-state index in [2.05, 4.69) is 22.4 Å². The van der Waals surface area contributed by atoms with Crippen molar-refractivity contribution in [1.82, 2.24) is 15.3 Å². The van der Waals surface area contributed by atoms with E-state index in [1.54, 1.807) is 18.2 Å². The van der Waals surface area contributed by atoms with Crippen molar-refractivity contribution in [2.24, 2.45) is 0 Å². The van der Waals surface area contributed by atoms with Gasteiger partial charge in [0.2, 0.25) is 0 Å². The molecule has 0 radical (unpaired) electrons. The Hall–Kier alpha value is -0.660. The summed E-state index contributed by atoms with van der Waals surface area (Å²) in [6.07, 6.45) is 1.21. The van der Waals surface area contributed by atoms with Gasteiger partial charge in [0.25, 0.3) is 0 Å². The lowest BCUT2D eigenvalue weighted by Crippen LogP contribution is -2.50. The Labute approximate surface area is 125 Å². The number of hydrogen-bond donors (Lipinski definition) is 1. The zero-order valence-electron chi connectivity index (χ0n) is 11.8. The lowest BCUT2D eigenvalue weighted by atomic mass is 10.2. The first kappa shape index (κ1) is 15.7. The number of piperazine rings is 1. The summed E-state index contributed by atoms with van der Waals surface area (Å²) >= 11 is 6.15. The summed E-state index contributed by atoms with van der Waals surface area (Å²) in [5, 5.41) is 2.59. The van der Waals surface area contributed by atoms with Crippen LogP contribution in [0.2, 0.25) is 5.02 Å². The van der Waals surface area contributed by atoms with Gasteiger partial charge in [-0.2, -0.15) is 0 Å². The standard InChI is InChI=1S/C13H20ClN3O2S/c1-16-6-8-17(9-7-16)15-10-11-12(14)4-3-5-13(11)20(2,18)19/h3-5,15H,6-10H2,1-2H3. The molecule has 0 bridgehead atoms. The molecule has 5 nitrogen and oxygen atoms in total. The quantitative estimate of drug-likeness (QED) is 0.898. The summed E-state index contributed by atoms with van der Waals surface area (Å²) in [4.78, 5) is 2.56. The summed E-state index contributed by atoms with van der Waals surface area (Å²) in [6.45, 7) is 4.24. The molecule has 0 spiro atoms. The molecule has 1 aromatic rings. The van der Waals surface area contributed by atoms with Crippen LogP contribution in [0.1, 0.15) is 5.56 Å². The number of halogens is 1. The maximum atomic E-state index is 11.8. The van der Waals surface area contributed by atoms with Gasteiger partial charge in [-0.05, 0) is 19.2 Å². The molecular weight excluding hydrogens is 298 g/mol. The number of sulfone groups is 1. The lowest BCUT2D eigenvalue weighted by Gasteiger charge is -2.32. The number of hydrazine groups is 1. The van der Waals surface area contributed by atoms with Gasteiger partial charge >= 0.3 is 0 Å². The van der Waals surface area contributed by atoms with E-state index in [-0.39, 0.29) is 0 Å². The summed E-state index contributed by atoms with van der Waals surface area (Å²) in [5.41, 5.74) is 3.90. The van der Waals surface area contributed by atoms with Gasteiger partial charge in [-0.1, -0.05) is 17.7 Å². The second-order valence-electron chi connectivity index (χ2n) is 5.11. The summed E-state index contributed by atoms with van der Waals surface area (Å²) in [7, 11) is -1.18. The van der Waals surface area contributed by atoms with E-state index in [0.29, 0.717) is 22.0 Å². The second-order valence-corrected chi connectivity index (χ2v) is 7.51. The first-order valence-corrected chi connectivity index (χ1v) is 8.79. The van der Waals surface area contributed by atoms with Crippen LogP contribution < -0.4 is 5.43 Å². The number of likely N-dealkylation sites (N-methyl/N-ethyl adjacent to an activating group) is 1. The molecule has 20 heavy (non-hydrogen) atoms. The van der Waals surface area contributed by atoms with Crippen LogP contribution in [0.3, 0.4) is 0 Å². The van der Waals surface area contributed by atoms with Gasteiger partial charge in [0.15, 0.2) is 9.84 Å². The molecule has 1 N–H and O–H groups in total. The highest BCUT2D eigenvalue weighted by molar-refractivity contribution is 7.90. The third-order valence-corrected chi connectivity index (χ3v) is 4.99. The van der Waals surface area contributed by atoms with Gasteiger partial charge in [0.1, 0.15) is 0 Å². The van der Waals surface area contributed by atoms with Crippen LogP contribution in [-0.4, -0.2) is 57.8 Å². The van der Waals surface area contributed by atoms with E-state index in [1.165, 1.54) is 6.26 Å². The van der Waals surface area contributed by atoms with Crippen molar-refractivity contribution in [1.29, 1.82) is 0 Å². The van der Waals surface area contributed by atoms with Gasteiger partial charge in [-0.25, -0.2) is 13.4 Å². The molecule has 1 fully saturated rings. The first-order chi connectivity index (χ1) is 9.38. The van der Waals surface area contributed by atoms with E-state index in [9.17, 15) is 8.42 Å². The van der Waals surface area contributed by atoms with Crippen molar-refractivity contribution < 1.29 is 8.42 Å². The Kier molecular flexibility index (Phi) is 5.04. The summed E-state index contributed by atoms with van der Waals surface area (Å²) in [5.74, 6) is 0. The molecule has 112 valence electrons. The van der Waals surface area contributed by atoms with Crippen LogP contribution in [-0.2, 0) is 16.4 Å². The monoisotopic (exact) mass is 317 g/mol. The highest BCUT2D eigenvalue weighted by Crippen LogP contribution is 2.23. The number of nitrogens with zero attached hydrogens (tertiary/aromatic N) is 2. The Morgan fingerprint density at radius 1 is 1.25 bits per heavy atom. The fourth-order valence-electron chi connectivity index (χ4n) is 2.21. The molecule has 0 atom stereocenters. The van der Waals surface area contributed by atoms with E-state index < -0.39 is 9.84 Å². The smallest absolute Gasteiger partial charge is 0.175 e. The zero-order valence-corrected chi connectivity index (χ0v) is 13.3. The minimum atomic E-state index is -3.27. The Morgan fingerprint density at radius 2 is 1.90 bits per heavy atom. The number of benzene rings is 1. The first-order valence-electron chi connectivity index (χ1n) is 6.52. The maximum Gasteiger partial charge on any atom is 0.175 e. The summed E-state index contributed by atoms with van der Waals surface area (Å²) < 4.78 is 23.6. The molecular formula is C13H20ClN3O2S. The minimum absolute atomic E-state index is 0.298. The van der Waals surface area contributed by atoms with Crippen molar-refractivity contribution >= 4 is 21.4 Å². The Bertz CT molecular complexity index is 569. The molecule has 1 aliphatic heterocycles. The Balaban J connectivity index is 2.10. The van der Waals surface area contributed by atoms with E-state index in [0.717, 1.165) is 26.2 Å². The predicted molar refractivity (Wildman–Crippen MR) is 80.5 cm³/mol. The molecule has 0 aliphatic carbocycles. The van der Waals surface area contributed by atoms with Crippen LogP contribution in [0.25, 0.3) is 0 Å². The average molecular weight is 318 g/mol. The second kappa shape index (κ2) is 6.41.